The van der Waals surface area contributed by atoms with Crippen LogP contribution in [0.25, 0.3) is 0 Å². The Morgan fingerprint density at radius 1 is 1.43 bits per heavy atom. The topological polar surface area (TPSA) is 88.5 Å². The van der Waals surface area contributed by atoms with Gasteiger partial charge in [0.05, 0.1) is 44.6 Å². The summed E-state index contributed by atoms with van der Waals surface area (Å²) in [4.78, 5) is 13.1. The molecule has 2 N–H and O–H groups in total. The number of aliphatic carboxylic acids is 1. The van der Waals surface area contributed by atoms with Crippen LogP contribution in [-0.2, 0) is 19.0 Å². The number of methoxy groups -OCH3 is 1. The summed E-state index contributed by atoms with van der Waals surface area (Å²) < 4.78 is 15.7. The lowest BCUT2D eigenvalue weighted by molar-refractivity contribution is -0.143. The average molecular weight is 305 g/mol. The summed E-state index contributed by atoms with van der Waals surface area (Å²) >= 11 is 0. The molecule has 124 valence electrons. The minimum absolute atomic E-state index is 0.0821. The van der Waals surface area contributed by atoms with Gasteiger partial charge in [-0.2, -0.15) is 0 Å². The highest BCUT2D eigenvalue weighted by atomic mass is 16.5. The second kappa shape index (κ2) is 9.32. The Bertz CT molecular complexity index is 314. The molecule has 0 saturated carbocycles. The van der Waals surface area contributed by atoms with E-state index in [1.54, 1.807) is 7.11 Å². The highest BCUT2D eigenvalue weighted by Gasteiger charge is 2.37. The van der Waals surface area contributed by atoms with Gasteiger partial charge in [0, 0.05) is 19.7 Å². The van der Waals surface area contributed by atoms with Gasteiger partial charge in [-0.05, 0) is 13.5 Å². The van der Waals surface area contributed by atoms with Crippen molar-refractivity contribution in [1.82, 2.24) is 4.90 Å². The van der Waals surface area contributed by atoms with Crippen LogP contribution in [0.15, 0.2) is 0 Å². The van der Waals surface area contributed by atoms with E-state index in [4.69, 9.17) is 14.2 Å². The third kappa shape index (κ3) is 5.88. The molecule has 1 aliphatic heterocycles. The SMILES string of the molecule is CCN(CC(O)COC(C)COC)C1COCC1C(=O)O. The van der Waals surface area contributed by atoms with E-state index in [9.17, 15) is 15.0 Å². The Kier molecular flexibility index (Phi) is 8.13. The number of nitrogens with zero attached hydrogens (tertiary/aromatic N) is 1. The Morgan fingerprint density at radius 3 is 2.71 bits per heavy atom. The molecule has 0 aromatic carbocycles. The number of ether oxygens (including phenoxy) is 3. The molecule has 4 atom stereocenters. The van der Waals surface area contributed by atoms with E-state index in [-0.39, 0.29) is 25.4 Å². The van der Waals surface area contributed by atoms with Crippen LogP contribution < -0.4 is 0 Å². The van der Waals surface area contributed by atoms with Crippen LogP contribution in [0.3, 0.4) is 0 Å². The molecule has 0 amide bonds. The highest BCUT2D eigenvalue weighted by Crippen LogP contribution is 2.20. The quantitative estimate of drug-likeness (QED) is 0.579. The van der Waals surface area contributed by atoms with Gasteiger partial charge in [-0.15, -0.1) is 0 Å². The van der Waals surface area contributed by atoms with Crippen molar-refractivity contribution < 1.29 is 29.2 Å². The standard InChI is InChI=1S/C14H27NO6/c1-4-15(13-9-20-8-12(13)14(17)18)5-11(16)7-21-10(2)6-19-3/h10-13,16H,4-9H2,1-3H3,(H,17,18). The zero-order valence-corrected chi connectivity index (χ0v) is 13.0. The molecule has 0 bridgehead atoms. The molecule has 4 unspecified atom stereocenters. The molecule has 21 heavy (non-hydrogen) atoms. The van der Waals surface area contributed by atoms with Gasteiger partial charge in [0.2, 0.25) is 0 Å². The molecule has 0 spiro atoms. The third-order valence-corrected chi connectivity index (χ3v) is 3.66. The number of carbonyl (C=O) groups is 1. The fraction of sp³-hybridized carbons (Fsp3) is 0.929. The van der Waals surface area contributed by atoms with Gasteiger partial charge in [0.25, 0.3) is 0 Å². The van der Waals surface area contributed by atoms with E-state index < -0.39 is 18.0 Å². The Balaban J connectivity index is 2.44. The first-order chi connectivity index (χ1) is 9.99. The largest absolute Gasteiger partial charge is 0.481 e. The van der Waals surface area contributed by atoms with Gasteiger partial charge in [-0.1, -0.05) is 6.92 Å². The van der Waals surface area contributed by atoms with Crippen molar-refractivity contribution in [3.05, 3.63) is 0 Å². The first-order valence-corrected chi connectivity index (χ1v) is 7.32. The van der Waals surface area contributed by atoms with Crippen molar-refractivity contribution in [3.63, 3.8) is 0 Å². The van der Waals surface area contributed by atoms with Crippen molar-refractivity contribution in [2.75, 3.05) is 46.6 Å². The third-order valence-electron chi connectivity index (χ3n) is 3.66. The number of hydrogen-bond donors (Lipinski definition) is 2. The summed E-state index contributed by atoms with van der Waals surface area (Å²) in [7, 11) is 1.60. The number of aliphatic hydroxyl groups is 1. The van der Waals surface area contributed by atoms with Crippen LogP contribution in [0.1, 0.15) is 13.8 Å². The van der Waals surface area contributed by atoms with Gasteiger partial charge < -0.3 is 24.4 Å². The fourth-order valence-corrected chi connectivity index (χ4v) is 2.52. The van der Waals surface area contributed by atoms with Crippen LogP contribution in [0.5, 0.6) is 0 Å². The second-order valence-corrected chi connectivity index (χ2v) is 5.39. The van der Waals surface area contributed by atoms with Crippen molar-refractivity contribution in [2.45, 2.75) is 32.1 Å². The maximum Gasteiger partial charge on any atom is 0.310 e. The van der Waals surface area contributed by atoms with Crippen molar-refractivity contribution in [1.29, 1.82) is 0 Å². The van der Waals surface area contributed by atoms with Crippen LogP contribution >= 0.6 is 0 Å². The van der Waals surface area contributed by atoms with Crippen LogP contribution in [-0.4, -0.2) is 86.0 Å². The zero-order valence-electron chi connectivity index (χ0n) is 13.0. The molecule has 1 saturated heterocycles. The minimum atomic E-state index is -0.851. The first kappa shape index (κ1) is 18.3. The molecule has 0 aliphatic carbocycles. The number of carboxylic acid groups (broad SMARTS) is 1. The molecule has 0 aromatic heterocycles. The summed E-state index contributed by atoms with van der Waals surface area (Å²) in [6.07, 6.45) is -0.749. The molecule has 1 fully saturated rings. The lowest BCUT2D eigenvalue weighted by Gasteiger charge is -2.31. The number of hydrogen-bond acceptors (Lipinski definition) is 6. The molecule has 7 heteroatoms. The summed E-state index contributed by atoms with van der Waals surface area (Å²) in [5.74, 6) is -1.39. The van der Waals surface area contributed by atoms with E-state index in [1.807, 2.05) is 18.7 Å². The van der Waals surface area contributed by atoms with E-state index in [0.29, 0.717) is 26.3 Å². The minimum Gasteiger partial charge on any atom is -0.481 e. The number of aliphatic hydroxyl groups excluding tert-OH is 1. The van der Waals surface area contributed by atoms with Crippen molar-refractivity contribution in [3.8, 4) is 0 Å². The van der Waals surface area contributed by atoms with Crippen LogP contribution in [0.2, 0.25) is 0 Å². The average Bonchev–Trinajstić information content (AvgIpc) is 2.92. The lowest BCUT2D eigenvalue weighted by atomic mass is 10.0. The molecule has 1 heterocycles. The van der Waals surface area contributed by atoms with Crippen LogP contribution in [0, 0.1) is 5.92 Å². The molecule has 0 radical (unpaired) electrons. The molecule has 0 aromatic rings. The van der Waals surface area contributed by atoms with Crippen molar-refractivity contribution >= 4 is 5.97 Å². The zero-order chi connectivity index (χ0) is 15.8. The number of likely N-dealkylation sites (N-methyl/N-ethyl adjacent to an activating group) is 1. The van der Waals surface area contributed by atoms with E-state index >= 15 is 0 Å². The highest BCUT2D eigenvalue weighted by molar-refractivity contribution is 5.71. The summed E-state index contributed by atoms with van der Waals surface area (Å²) in [6, 6.07) is -0.196. The Hall–Kier alpha value is -0.730. The van der Waals surface area contributed by atoms with Gasteiger partial charge >= 0.3 is 5.97 Å². The van der Waals surface area contributed by atoms with Crippen molar-refractivity contribution in [2.24, 2.45) is 5.92 Å². The normalized spacial score (nSPS) is 25.2. The number of rotatable bonds is 10. The maximum atomic E-state index is 11.2. The Morgan fingerprint density at radius 2 is 2.14 bits per heavy atom. The number of carboxylic acids is 1. The monoisotopic (exact) mass is 305 g/mol. The predicted molar refractivity (Wildman–Crippen MR) is 76.3 cm³/mol. The van der Waals surface area contributed by atoms with E-state index in [0.717, 1.165) is 0 Å². The molecular formula is C14H27NO6. The lowest BCUT2D eigenvalue weighted by Crippen LogP contribution is -2.47. The predicted octanol–water partition coefficient (Wildman–Crippen LogP) is -0.180. The summed E-state index contributed by atoms with van der Waals surface area (Å²) in [5, 5.41) is 19.2. The second-order valence-electron chi connectivity index (χ2n) is 5.39. The maximum absolute atomic E-state index is 11.2. The summed E-state index contributed by atoms with van der Waals surface area (Å²) in [6.45, 7) is 6.13. The van der Waals surface area contributed by atoms with Gasteiger partial charge in [0.15, 0.2) is 0 Å². The van der Waals surface area contributed by atoms with Gasteiger partial charge in [-0.25, -0.2) is 0 Å². The van der Waals surface area contributed by atoms with E-state index in [2.05, 4.69) is 0 Å². The van der Waals surface area contributed by atoms with Crippen LogP contribution in [0.4, 0.5) is 0 Å². The van der Waals surface area contributed by atoms with Gasteiger partial charge in [-0.3, -0.25) is 9.69 Å². The van der Waals surface area contributed by atoms with Gasteiger partial charge in [0.1, 0.15) is 0 Å². The smallest absolute Gasteiger partial charge is 0.310 e. The first-order valence-electron chi connectivity index (χ1n) is 7.32. The summed E-state index contributed by atoms with van der Waals surface area (Å²) in [5.41, 5.74) is 0. The van der Waals surface area contributed by atoms with E-state index in [1.165, 1.54) is 0 Å². The fourth-order valence-electron chi connectivity index (χ4n) is 2.52. The Labute approximate surface area is 125 Å². The molecule has 1 rings (SSSR count). The molecule has 7 nitrogen and oxygen atoms in total. The molecular weight excluding hydrogens is 278 g/mol. The molecule has 1 aliphatic rings.